The van der Waals surface area contributed by atoms with E-state index in [2.05, 4.69) is 36.3 Å². The molecule has 1 rings (SSSR count). The molecule has 0 saturated heterocycles. The highest BCUT2D eigenvalue weighted by Gasteiger charge is 2.05. The maximum atomic E-state index is 5.04. The van der Waals surface area contributed by atoms with Crippen LogP contribution in [-0.4, -0.2) is 31.0 Å². The van der Waals surface area contributed by atoms with Crippen molar-refractivity contribution in [2.24, 2.45) is 0 Å². The Kier molecular flexibility index (Phi) is 8.05. The van der Waals surface area contributed by atoms with Crippen molar-refractivity contribution in [3.8, 4) is 0 Å². The number of hydrogen-bond donors (Lipinski definition) is 1. The molecule has 102 valence electrons. The molecule has 0 aliphatic rings. The number of hydrogen-bond acceptors (Lipinski definition) is 4. The first-order valence-electron chi connectivity index (χ1n) is 6.59. The van der Waals surface area contributed by atoms with Gasteiger partial charge in [-0.1, -0.05) is 6.92 Å². The monoisotopic (exact) mass is 268 g/mol. The van der Waals surface area contributed by atoms with E-state index in [0.717, 1.165) is 36.8 Å². The number of pyridine rings is 1. The molecular formula is C14H24N2OS. The largest absolute Gasteiger partial charge is 0.385 e. The van der Waals surface area contributed by atoms with Crippen LogP contribution < -0.4 is 5.32 Å². The van der Waals surface area contributed by atoms with Crippen LogP contribution in [0.15, 0.2) is 23.4 Å². The average Bonchev–Trinajstić information content (AvgIpc) is 2.41. The topological polar surface area (TPSA) is 34.2 Å². The molecule has 0 radical (unpaired) electrons. The number of nitrogens with zero attached hydrogens (tertiary/aromatic N) is 1. The molecule has 0 fully saturated rings. The first kappa shape index (κ1) is 15.5. The van der Waals surface area contributed by atoms with Gasteiger partial charge in [0.1, 0.15) is 0 Å². The Morgan fingerprint density at radius 2 is 2.33 bits per heavy atom. The zero-order valence-corrected chi connectivity index (χ0v) is 12.4. The van der Waals surface area contributed by atoms with Crippen LogP contribution >= 0.6 is 11.8 Å². The lowest BCUT2D eigenvalue weighted by Crippen LogP contribution is -2.19. The highest BCUT2D eigenvalue weighted by atomic mass is 32.2. The molecule has 1 heterocycles. The third kappa shape index (κ3) is 5.85. The fourth-order valence-corrected chi connectivity index (χ4v) is 2.46. The van der Waals surface area contributed by atoms with Crippen LogP contribution in [0.3, 0.4) is 0 Å². The van der Waals surface area contributed by atoms with E-state index < -0.39 is 0 Å². The SMILES string of the molecule is CCCNC(C)c1ccnc(SCCCOC)c1. The summed E-state index contributed by atoms with van der Waals surface area (Å²) in [6, 6.07) is 4.67. The molecule has 0 spiro atoms. The third-order valence-electron chi connectivity index (χ3n) is 2.70. The summed E-state index contributed by atoms with van der Waals surface area (Å²) in [4.78, 5) is 4.39. The van der Waals surface area contributed by atoms with E-state index in [4.69, 9.17) is 4.74 Å². The van der Waals surface area contributed by atoms with E-state index in [0.29, 0.717) is 6.04 Å². The second-order valence-electron chi connectivity index (χ2n) is 4.30. The summed E-state index contributed by atoms with van der Waals surface area (Å²) in [5.41, 5.74) is 1.31. The Bertz CT molecular complexity index is 333. The minimum absolute atomic E-state index is 0.395. The van der Waals surface area contributed by atoms with Crippen molar-refractivity contribution in [1.82, 2.24) is 10.3 Å². The Balaban J connectivity index is 2.45. The molecule has 0 aromatic carbocycles. The van der Waals surface area contributed by atoms with Crippen LogP contribution in [-0.2, 0) is 4.74 Å². The van der Waals surface area contributed by atoms with Gasteiger partial charge in [-0.05, 0) is 44.0 Å². The van der Waals surface area contributed by atoms with Crippen molar-refractivity contribution < 1.29 is 4.74 Å². The molecule has 4 heteroatoms. The number of thioether (sulfide) groups is 1. The van der Waals surface area contributed by atoms with E-state index in [-0.39, 0.29) is 0 Å². The van der Waals surface area contributed by atoms with Gasteiger partial charge in [0, 0.05) is 31.7 Å². The zero-order valence-electron chi connectivity index (χ0n) is 11.6. The lowest BCUT2D eigenvalue weighted by Gasteiger charge is -2.14. The summed E-state index contributed by atoms with van der Waals surface area (Å²) < 4.78 is 5.04. The van der Waals surface area contributed by atoms with Gasteiger partial charge in [-0.15, -0.1) is 11.8 Å². The predicted octanol–water partition coefficient (Wildman–Crippen LogP) is 3.27. The molecule has 0 saturated carbocycles. The minimum Gasteiger partial charge on any atom is -0.385 e. The van der Waals surface area contributed by atoms with Crippen LogP contribution in [0.2, 0.25) is 0 Å². The number of nitrogens with one attached hydrogen (secondary N) is 1. The fourth-order valence-electron chi connectivity index (χ4n) is 1.63. The lowest BCUT2D eigenvalue weighted by molar-refractivity contribution is 0.200. The first-order chi connectivity index (χ1) is 8.77. The summed E-state index contributed by atoms with van der Waals surface area (Å²) in [5.74, 6) is 1.06. The maximum absolute atomic E-state index is 5.04. The van der Waals surface area contributed by atoms with Gasteiger partial charge in [-0.3, -0.25) is 0 Å². The van der Waals surface area contributed by atoms with Gasteiger partial charge in [0.2, 0.25) is 0 Å². The molecule has 0 bridgehead atoms. The smallest absolute Gasteiger partial charge is 0.0963 e. The molecule has 1 aromatic rings. The molecule has 18 heavy (non-hydrogen) atoms. The number of rotatable bonds is 9. The van der Waals surface area contributed by atoms with E-state index >= 15 is 0 Å². The molecule has 0 aliphatic carbocycles. The number of methoxy groups -OCH3 is 1. The normalized spacial score (nSPS) is 12.6. The highest BCUT2D eigenvalue weighted by molar-refractivity contribution is 7.99. The molecule has 1 unspecified atom stereocenters. The average molecular weight is 268 g/mol. The van der Waals surface area contributed by atoms with E-state index in [1.165, 1.54) is 5.56 Å². The van der Waals surface area contributed by atoms with Gasteiger partial charge in [0.05, 0.1) is 5.03 Å². The summed E-state index contributed by atoms with van der Waals surface area (Å²) in [6.45, 7) is 6.26. The van der Waals surface area contributed by atoms with Crippen LogP contribution in [0.1, 0.15) is 38.3 Å². The molecular weight excluding hydrogens is 244 g/mol. The summed E-state index contributed by atoms with van der Waals surface area (Å²) in [6.07, 6.45) is 4.13. The quantitative estimate of drug-likeness (QED) is 0.550. The van der Waals surface area contributed by atoms with E-state index in [9.17, 15) is 0 Å². The third-order valence-corrected chi connectivity index (χ3v) is 3.71. The van der Waals surface area contributed by atoms with Gasteiger partial charge in [-0.25, -0.2) is 4.98 Å². The Labute approximate surface area is 115 Å². The fraction of sp³-hybridized carbons (Fsp3) is 0.643. The molecule has 0 amide bonds. The molecule has 0 aliphatic heterocycles. The summed E-state index contributed by atoms with van der Waals surface area (Å²) >= 11 is 1.80. The van der Waals surface area contributed by atoms with E-state index in [1.807, 2.05) is 6.20 Å². The van der Waals surface area contributed by atoms with Crippen LogP contribution in [0.25, 0.3) is 0 Å². The van der Waals surface area contributed by atoms with Gasteiger partial charge in [0.25, 0.3) is 0 Å². The standard InChI is InChI=1S/C14H24N2OS/c1-4-7-15-12(2)13-6-8-16-14(11-13)18-10-5-9-17-3/h6,8,11-12,15H,4-5,7,9-10H2,1-3H3. The second kappa shape index (κ2) is 9.36. The van der Waals surface area contributed by atoms with Crippen molar-refractivity contribution in [2.75, 3.05) is 26.0 Å². The Morgan fingerprint density at radius 1 is 1.50 bits per heavy atom. The maximum Gasteiger partial charge on any atom is 0.0963 e. The lowest BCUT2D eigenvalue weighted by atomic mass is 10.1. The Morgan fingerprint density at radius 3 is 3.06 bits per heavy atom. The summed E-state index contributed by atoms with van der Waals surface area (Å²) in [5, 5.41) is 4.60. The summed E-state index contributed by atoms with van der Waals surface area (Å²) in [7, 11) is 1.74. The Hall–Kier alpha value is -0.580. The zero-order chi connectivity index (χ0) is 13.2. The molecule has 1 atom stereocenters. The van der Waals surface area contributed by atoms with Gasteiger partial charge in [0.15, 0.2) is 0 Å². The van der Waals surface area contributed by atoms with Gasteiger partial charge in [-0.2, -0.15) is 0 Å². The number of ether oxygens (including phenoxy) is 1. The van der Waals surface area contributed by atoms with Crippen LogP contribution in [0.5, 0.6) is 0 Å². The van der Waals surface area contributed by atoms with Crippen molar-refractivity contribution in [3.63, 3.8) is 0 Å². The number of aromatic nitrogens is 1. The van der Waals surface area contributed by atoms with Crippen LogP contribution in [0.4, 0.5) is 0 Å². The predicted molar refractivity (Wildman–Crippen MR) is 78.2 cm³/mol. The van der Waals surface area contributed by atoms with E-state index in [1.54, 1.807) is 18.9 Å². The second-order valence-corrected chi connectivity index (χ2v) is 5.41. The highest BCUT2D eigenvalue weighted by Crippen LogP contribution is 2.20. The van der Waals surface area contributed by atoms with Gasteiger partial charge < -0.3 is 10.1 Å². The molecule has 1 N–H and O–H groups in total. The minimum atomic E-state index is 0.395. The van der Waals surface area contributed by atoms with Crippen molar-refractivity contribution in [2.45, 2.75) is 37.8 Å². The van der Waals surface area contributed by atoms with Gasteiger partial charge >= 0.3 is 0 Å². The first-order valence-corrected chi connectivity index (χ1v) is 7.57. The molecule has 1 aromatic heterocycles. The van der Waals surface area contributed by atoms with Crippen molar-refractivity contribution in [3.05, 3.63) is 23.9 Å². The van der Waals surface area contributed by atoms with Crippen LogP contribution in [0, 0.1) is 0 Å². The van der Waals surface area contributed by atoms with Crippen molar-refractivity contribution in [1.29, 1.82) is 0 Å². The van der Waals surface area contributed by atoms with Crippen molar-refractivity contribution >= 4 is 11.8 Å². The molecule has 3 nitrogen and oxygen atoms in total.